The first-order valence-electron chi connectivity index (χ1n) is 5.25. The van der Waals surface area contributed by atoms with E-state index in [1.54, 1.807) is 0 Å². The molecule has 19 heavy (non-hydrogen) atoms. The SMILES string of the molecule is COc1c(NC(C)CC(F)(F)F)sc(C(N)=O)c1N. The van der Waals surface area contributed by atoms with E-state index in [4.69, 9.17) is 16.2 Å². The summed E-state index contributed by atoms with van der Waals surface area (Å²) in [4.78, 5) is 11.2. The number of nitrogens with two attached hydrogens (primary N) is 2. The lowest BCUT2D eigenvalue weighted by Crippen LogP contribution is -2.23. The molecule has 0 fully saturated rings. The molecule has 5 nitrogen and oxygen atoms in total. The number of carbonyl (C=O) groups is 1. The number of ether oxygens (including phenoxy) is 1. The Bertz CT molecular complexity index is 473. The molecule has 1 rings (SSSR count). The predicted molar refractivity (Wildman–Crippen MR) is 67.6 cm³/mol. The van der Waals surface area contributed by atoms with Crippen molar-refractivity contribution in [3.05, 3.63) is 4.88 Å². The first-order chi connectivity index (χ1) is 8.65. The van der Waals surface area contributed by atoms with E-state index < -0.39 is 24.5 Å². The van der Waals surface area contributed by atoms with Crippen molar-refractivity contribution < 1.29 is 22.7 Å². The predicted octanol–water partition coefficient (Wildman–Crippen LogP) is 2.19. The molecule has 0 saturated heterocycles. The fourth-order valence-electron chi connectivity index (χ4n) is 1.53. The summed E-state index contributed by atoms with van der Waals surface area (Å²) in [6.07, 6.45) is -5.30. The standard InChI is InChI=1S/C10H14F3N3O2S/c1-4(3-10(11,12)13)16-9-6(18-2)5(14)7(19-9)8(15)17/h4,16H,3,14H2,1-2H3,(H2,15,17). The highest BCUT2D eigenvalue weighted by Gasteiger charge is 2.31. The van der Waals surface area contributed by atoms with E-state index in [1.165, 1.54) is 14.0 Å². The van der Waals surface area contributed by atoms with Gasteiger partial charge in [-0.05, 0) is 6.92 Å². The van der Waals surface area contributed by atoms with E-state index >= 15 is 0 Å². The van der Waals surface area contributed by atoms with Crippen LogP contribution in [0, 0.1) is 0 Å². The lowest BCUT2D eigenvalue weighted by atomic mass is 10.2. The highest BCUT2D eigenvalue weighted by atomic mass is 32.1. The van der Waals surface area contributed by atoms with Gasteiger partial charge in [0, 0.05) is 6.04 Å². The Morgan fingerprint density at radius 3 is 2.53 bits per heavy atom. The first-order valence-corrected chi connectivity index (χ1v) is 6.06. The molecule has 0 aromatic carbocycles. The molecule has 1 heterocycles. The van der Waals surface area contributed by atoms with Crippen LogP contribution < -0.4 is 21.5 Å². The Morgan fingerprint density at radius 2 is 2.11 bits per heavy atom. The Balaban J connectivity index is 2.95. The number of halogens is 3. The lowest BCUT2D eigenvalue weighted by Gasteiger charge is -2.16. The van der Waals surface area contributed by atoms with Crippen LogP contribution in [0.5, 0.6) is 5.75 Å². The van der Waals surface area contributed by atoms with Gasteiger partial charge < -0.3 is 21.5 Å². The average molecular weight is 297 g/mol. The van der Waals surface area contributed by atoms with Gasteiger partial charge in [0.25, 0.3) is 5.91 Å². The summed E-state index contributed by atoms with van der Waals surface area (Å²) in [7, 11) is 1.31. The highest BCUT2D eigenvalue weighted by molar-refractivity contribution is 7.19. The number of nitrogen functional groups attached to an aromatic ring is 1. The van der Waals surface area contributed by atoms with E-state index in [-0.39, 0.29) is 21.3 Å². The molecular weight excluding hydrogens is 283 g/mol. The van der Waals surface area contributed by atoms with Gasteiger partial charge in [0.2, 0.25) is 0 Å². The number of primary amides is 1. The number of anilines is 2. The summed E-state index contributed by atoms with van der Waals surface area (Å²) in [6, 6.07) is -0.882. The minimum atomic E-state index is -4.28. The molecule has 0 radical (unpaired) electrons. The zero-order valence-electron chi connectivity index (χ0n) is 10.3. The van der Waals surface area contributed by atoms with E-state index in [0.29, 0.717) is 0 Å². The van der Waals surface area contributed by atoms with Crippen molar-refractivity contribution in [3.63, 3.8) is 0 Å². The number of rotatable bonds is 5. The number of hydrogen-bond acceptors (Lipinski definition) is 5. The van der Waals surface area contributed by atoms with Gasteiger partial charge in [0.05, 0.1) is 13.5 Å². The largest absolute Gasteiger partial charge is 0.492 e. The summed E-state index contributed by atoms with van der Waals surface area (Å²) >= 11 is 0.870. The Kier molecular flexibility index (Phi) is 4.51. The molecule has 9 heteroatoms. The summed E-state index contributed by atoms with van der Waals surface area (Å²) < 4.78 is 41.7. The van der Waals surface area contributed by atoms with Gasteiger partial charge in [0.1, 0.15) is 15.6 Å². The van der Waals surface area contributed by atoms with Crippen LogP contribution in [0.25, 0.3) is 0 Å². The van der Waals surface area contributed by atoms with Gasteiger partial charge >= 0.3 is 6.18 Å². The van der Waals surface area contributed by atoms with E-state index in [1.807, 2.05) is 0 Å². The van der Waals surface area contributed by atoms with Gasteiger partial charge in [-0.25, -0.2) is 0 Å². The number of carbonyl (C=O) groups excluding carboxylic acids is 1. The number of amides is 1. The fourth-order valence-corrected chi connectivity index (χ4v) is 2.58. The maximum atomic E-state index is 12.2. The summed E-state index contributed by atoms with van der Waals surface area (Å²) in [5.41, 5.74) is 10.8. The summed E-state index contributed by atoms with van der Waals surface area (Å²) in [5, 5.41) is 2.87. The monoisotopic (exact) mass is 297 g/mol. The van der Waals surface area contributed by atoms with Gasteiger partial charge in [-0.3, -0.25) is 4.79 Å². The molecule has 1 aromatic rings. The van der Waals surface area contributed by atoms with E-state index in [2.05, 4.69) is 5.32 Å². The van der Waals surface area contributed by atoms with Crippen molar-refractivity contribution >= 4 is 27.9 Å². The van der Waals surface area contributed by atoms with Gasteiger partial charge in [0.15, 0.2) is 5.75 Å². The number of thiophene rings is 1. The molecule has 1 aromatic heterocycles. The highest BCUT2D eigenvalue weighted by Crippen LogP contribution is 2.42. The smallest absolute Gasteiger partial charge is 0.391 e. The maximum absolute atomic E-state index is 12.2. The number of nitrogens with one attached hydrogen (secondary N) is 1. The molecule has 1 amide bonds. The van der Waals surface area contributed by atoms with Gasteiger partial charge in [-0.2, -0.15) is 13.2 Å². The van der Waals surface area contributed by atoms with Crippen LogP contribution in [-0.2, 0) is 0 Å². The number of methoxy groups -OCH3 is 1. The first kappa shape index (κ1) is 15.4. The Labute approximate surface area is 111 Å². The van der Waals surface area contributed by atoms with Crippen molar-refractivity contribution in [2.24, 2.45) is 5.73 Å². The average Bonchev–Trinajstić information content (AvgIpc) is 2.52. The molecular formula is C10H14F3N3O2S. The molecule has 0 bridgehead atoms. The zero-order chi connectivity index (χ0) is 14.8. The van der Waals surface area contributed by atoms with Crippen LogP contribution in [-0.4, -0.2) is 25.2 Å². The molecule has 1 atom stereocenters. The minimum Gasteiger partial charge on any atom is -0.492 e. The number of hydrogen-bond donors (Lipinski definition) is 3. The second-order valence-corrected chi connectivity index (χ2v) is 4.96. The van der Waals surface area contributed by atoms with Crippen LogP contribution in [0.15, 0.2) is 0 Å². The van der Waals surface area contributed by atoms with Crippen molar-refractivity contribution in [2.75, 3.05) is 18.2 Å². The third-order valence-corrected chi connectivity index (χ3v) is 3.38. The molecule has 0 spiro atoms. The lowest BCUT2D eigenvalue weighted by molar-refractivity contribution is -0.136. The second-order valence-electron chi connectivity index (χ2n) is 3.94. The van der Waals surface area contributed by atoms with Crippen molar-refractivity contribution in [2.45, 2.75) is 25.6 Å². The normalized spacial score (nSPS) is 13.1. The van der Waals surface area contributed by atoms with E-state index in [9.17, 15) is 18.0 Å². The maximum Gasteiger partial charge on any atom is 0.391 e. The van der Waals surface area contributed by atoms with Crippen LogP contribution in [0.4, 0.5) is 23.9 Å². The molecule has 0 aliphatic carbocycles. The van der Waals surface area contributed by atoms with Crippen LogP contribution in [0.2, 0.25) is 0 Å². The molecule has 0 aliphatic heterocycles. The summed E-state index contributed by atoms with van der Waals surface area (Å²) in [6.45, 7) is 1.37. The van der Waals surface area contributed by atoms with Crippen LogP contribution >= 0.6 is 11.3 Å². The van der Waals surface area contributed by atoms with Crippen molar-refractivity contribution in [1.29, 1.82) is 0 Å². The molecule has 5 N–H and O–H groups in total. The molecule has 0 aliphatic rings. The van der Waals surface area contributed by atoms with Crippen LogP contribution in [0.3, 0.4) is 0 Å². The van der Waals surface area contributed by atoms with Crippen LogP contribution in [0.1, 0.15) is 23.0 Å². The second kappa shape index (κ2) is 5.55. The molecule has 0 saturated carbocycles. The topological polar surface area (TPSA) is 90.4 Å². The van der Waals surface area contributed by atoms with Crippen molar-refractivity contribution in [1.82, 2.24) is 0 Å². The summed E-state index contributed by atoms with van der Waals surface area (Å²) in [5.74, 6) is -0.620. The third-order valence-electron chi connectivity index (χ3n) is 2.24. The number of alkyl halides is 3. The van der Waals surface area contributed by atoms with Gasteiger partial charge in [-0.15, -0.1) is 11.3 Å². The van der Waals surface area contributed by atoms with Crippen molar-refractivity contribution in [3.8, 4) is 5.75 Å². The quantitative estimate of drug-likeness (QED) is 0.777. The minimum absolute atomic E-state index is 0.0294. The third kappa shape index (κ3) is 3.91. The fraction of sp³-hybridized carbons (Fsp3) is 0.500. The Morgan fingerprint density at radius 1 is 1.53 bits per heavy atom. The Hall–Kier alpha value is -1.64. The molecule has 108 valence electrons. The molecule has 1 unspecified atom stereocenters. The zero-order valence-corrected chi connectivity index (χ0v) is 11.1. The van der Waals surface area contributed by atoms with E-state index in [0.717, 1.165) is 11.3 Å². The van der Waals surface area contributed by atoms with Gasteiger partial charge in [-0.1, -0.05) is 0 Å².